The average molecular weight is 216 g/mol. The van der Waals surface area contributed by atoms with Crippen molar-refractivity contribution < 1.29 is 14.3 Å². The topological polar surface area (TPSA) is 73.6 Å². The van der Waals surface area contributed by atoms with Gasteiger partial charge in [-0.05, 0) is 13.8 Å². The maximum absolute atomic E-state index is 11.8. The first kappa shape index (κ1) is 12.4. The highest BCUT2D eigenvalue weighted by Gasteiger charge is 2.36. The van der Waals surface area contributed by atoms with Gasteiger partial charge in [0, 0.05) is 26.7 Å². The normalized spacial score (nSPS) is 26.7. The lowest BCUT2D eigenvalue weighted by Crippen LogP contribution is -2.40. The Morgan fingerprint density at radius 2 is 2.20 bits per heavy atom. The number of methoxy groups -OCH3 is 1. The molecule has 1 aliphatic heterocycles. The Morgan fingerprint density at radius 3 is 2.73 bits per heavy atom. The fourth-order valence-corrected chi connectivity index (χ4v) is 1.53. The molecule has 0 aromatic rings. The highest BCUT2D eigenvalue weighted by atomic mass is 16.6. The third-order valence-electron chi connectivity index (χ3n) is 2.63. The number of carbonyl (C=O) groups excluding carboxylic acids is 1. The van der Waals surface area contributed by atoms with E-state index in [1.807, 2.05) is 0 Å². The van der Waals surface area contributed by atoms with Crippen molar-refractivity contribution in [3.05, 3.63) is 0 Å². The summed E-state index contributed by atoms with van der Waals surface area (Å²) >= 11 is 0. The minimum atomic E-state index is -0.599. The summed E-state index contributed by atoms with van der Waals surface area (Å²) < 4.78 is 10.5. The van der Waals surface area contributed by atoms with Gasteiger partial charge in [0.05, 0.1) is 12.0 Å². The van der Waals surface area contributed by atoms with Crippen molar-refractivity contribution in [1.82, 2.24) is 5.32 Å². The zero-order valence-corrected chi connectivity index (χ0v) is 9.58. The third kappa shape index (κ3) is 3.15. The summed E-state index contributed by atoms with van der Waals surface area (Å²) in [6, 6.07) is 0. The van der Waals surface area contributed by atoms with Gasteiger partial charge in [0.1, 0.15) is 5.60 Å². The van der Waals surface area contributed by atoms with Crippen LogP contribution < -0.4 is 11.1 Å². The molecule has 1 aliphatic rings. The lowest BCUT2D eigenvalue weighted by Gasteiger charge is -2.26. The number of nitrogens with two attached hydrogens (primary N) is 1. The third-order valence-corrected chi connectivity index (χ3v) is 2.63. The van der Waals surface area contributed by atoms with E-state index < -0.39 is 5.60 Å². The summed E-state index contributed by atoms with van der Waals surface area (Å²) in [5.41, 5.74) is 4.90. The fourth-order valence-electron chi connectivity index (χ4n) is 1.53. The first-order chi connectivity index (χ1) is 7.00. The van der Waals surface area contributed by atoms with Gasteiger partial charge in [0.15, 0.2) is 0 Å². The number of hydrogen-bond donors (Lipinski definition) is 2. The molecular weight excluding hydrogens is 196 g/mol. The number of carbonyl (C=O) groups is 1. The minimum absolute atomic E-state index is 0.0916. The molecule has 1 rings (SSSR count). The quantitative estimate of drug-likeness (QED) is 0.620. The Balaban J connectivity index is 2.53. The van der Waals surface area contributed by atoms with E-state index in [2.05, 4.69) is 5.32 Å². The average Bonchev–Trinajstić information content (AvgIpc) is 2.64. The highest BCUT2D eigenvalue weighted by Crippen LogP contribution is 2.17. The minimum Gasteiger partial charge on any atom is -0.458 e. The van der Waals surface area contributed by atoms with Crippen molar-refractivity contribution in [2.75, 3.05) is 26.7 Å². The zero-order chi connectivity index (χ0) is 11.5. The van der Waals surface area contributed by atoms with Crippen molar-refractivity contribution in [1.29, 1.82) is 0 Å². The van der Waals surface area contributed by atoms with E-state index in [9.17, 15) is 4.79 Å². The standard InChI is InChI=1S/C10H20N2O3/c1-10(2,6-11)15-9(13)7-4-12-5-8(7)14-3/h7-8,12H,4-6,11H2,1-3H3. The molecular formula is C10H20N2O3. The molecule has 88 valence electrons. The van der Waals surface area contributed by atoms with Gasteiger partial charge >= 0.3 is 5.97 Å². The molecule has 5 heteroatoms. The number of rotatable bonds is 4. The van der Waals surface area contributed by atoms with Gasteiger partial charge in [-0.3, -0.25) is 4.79 Å². The molecule has 0 amide bonds. The Morgan fingerprint density at radius 1 is 1.53 bits per heavy atom. The van der Waals surface area contributed by atoms with E-state index in [1.54, 1.807) is 21.0 Å². The lowest BCUT2D eigenvalue weighted by molar-refractivity contribution is -0.163. The number of ether oxygens (including phenoxy) is 2. The molecule has 0 aliphatic carbocycles. The van der Waals surface area contributed by atoms with Crippen molar-refractivity contribution in [2.45, 2.75) is 25.6 Å². The summed E-state index contributed by atoms with van der Waals surface area (Å²) in [4.78, 5) is 11.8. The van der Waals surface area contributed by atoms with E-state index >= 15 is 0 Å². The van der Waals surface area contributed by atoms with E-state index in [-0.39, 0.29) is 18.0 Å². The number of esters is 1. The van der Waals surface area contributed by atoms with Gasteiger partial charge in [0.2, 0.25) is 0 Å². The smallest absolute Gasteiger partial charge is 0.313 e. The number of hydrogen-bond acceptors (Lipinski definition) is 5. The van der Waals surface area contributed by atoms with E-state index in [0.29, 0.717) is 19.6 Å². The van der Waals surface area contributed by atoms with Crippen molar-refractivity contribution in [2.24, 2.45) is 11.7 Å². The van der Waals surface area contributed by atoms with Crippen LogP contribution in [0.25, 0.3) is 0 Å². The highest BCUT2D eigenvalue weighted by molar-refractivity contribution is 5.74. The van der Waals surface area contributed by atoms with Crippen LogP contribution in [-0.2, 0) is 14.3 Å². The number of nitrogens with one attached hydrogen (secondary N) is 1. The Kier molecular flexibility index (Phi) is 4.07. The predicted octanol–water partition coefficient (Wildman–Crippen LogP) is -0.499. The molecule has 1 fully saturated rings. The molecule has 0 aromatic carbocycles. The van der Waals surface area contributed by atoms with Crippen LogP contribution in [-0.4, -0.2) is 44.4 Å². The maximum Gasteiger partial charge on any atom is 0.313 e. The van der Waals surface area contributed by atoms with E-state index in [1.165, 1.54) is 0 Å². The molecule has 5 nitrogen and oxygen atoms in total. The van der Waals surface area contributed by atoms with Crippen LogP contribution in [0.1, 0.15) is 13.8 Å². The molecule has 1 heterocycles. The summed E-state index contributed by atoms with van der Waals surface area (Å²) in [6.45, 7) is 5.22. The molecule has 0 bridgehead atoms. The Hall–Kier alpha value is -0.650. The molecule has 0 radical (unpaired) electrons. The second kappa shape index (κ2) is 4.92. The van der Waals surface area contributed by atoms with Crippen LogP contribution in [0.2, 0.25) is 0 Å². The SMILES string of the molecule is COC1CNCC1C(=O)OC(C)(C)CN. The van der Waals surface area contributed by atoms with Crippen LogP contribution in [0, 0.1) is 5.92 Å². The molecule has 0 spiro atoms. The molecule has 0 saturated carbocycles. The first-order valence-corrected chi connectivity index (χ1v) is 5.16. The van der Waals surface area contributed by atoms with Crippen LogP contribution in [0.3, 0.4) is 0 Å². The summed E-state index contributed by atoms with van der Waals surface area (Å²) in [5, 5.41) is 3.10. The monoisotopic (exact) mass is 216 g/mol. The van der Waals surface area contributed by atoms with Gasteiger partial charge in [0.25, 0.3) is 0 Å². The largest absolute Gasteiger partial charge is 0.458 e. The van der Waals surface area contributed by atoms with Crippen LogP contribution in [0.5, 0.6) is 0 Å². The van der Waals surface area contributed by atoms with Crippen LogP contribution in [0.4, 0.5) is 0 Å². The van der Waals surface area contributed by atoms with E-state index in [0.717, 1.165) is 0 Å². The predicted molar refractivity (Wildman–Crippen MR) is 56.4 cm³/mol. The lowest BCUT2D eigenvalue weighted by atomic mass is 10.1. The van der Waals surface area contributed by atoms with Gasteiger partial charge in [-0.2, -0.15) is 0 Å². The summed E-state index contributed by atoms with van der Waals surface area (Å²) in [6.07, 6.45) is -0.0916. The summed E-state index contributed by atoms with van der Waals surface area (Å²) in [7, 11) is 1.60. The fraction of sp³-hybridized carbons (Fsp3) is 0.900. The van der Waals surface area contributed by atoms with Gasteiger partial charge in [-0.15, -0.1) is 0 Å². The molecule has 2 unspecified atom stereocenters. The van der Waals surface area contributed by atoms with Crippen molar-refractivity contribution >= 4 is 5.97 Å². The second-order valence-electron chi connectivity index (χ2n) is 4.42. The first-order valence-electron chi connectivity index (χ1n) is 5.16. The Bertz CT molecular complexity index is 231. The van der Waals surface area contributed by atoms with Crippen molar-refractivity contribution in [3.63, 3.8) is 0 Å². The van der Waals surface area contributed by atoms with Gasteiger partial charge in [-0.1, -0.05) is 0 Å². The van der Waals surface area contributed by atoms with Gasteiger partial charge in [-0.25, -0.2) is 0 Å². The molecule has 0 aromatic heterocycles. The summed E-state index contributed by atoms with van der Waals surface area (Å²) in [5.74, 6) is -0.455. The second-order valence-corrected chi connectivity index (χ2v) is 4.42. The molecule has 2 atom stereocenters. The molecule has 15 heavy (non-hydrogen) atoms. The van der Waals surface area contributed by atoms with Crippen LogP contribution >= 0.6 is 0 Å². The zero-order valence-electron chi connectivity index (χ0n) is 9.58. The van der Waals surface area contributed by atoms with Gasteiger partial charge < -0.3 is 20.5 Å². The van der Waals surface area contributed by atoms with Crippen molar-refractivity contribution in [3.8, 4) is 0 Å². The Labute approximate surface area is 90.3 Å². The molecule has 3 N–H and O–H groups in total. The van der Waals surface area contributed by atoms with Crippen LogP contribution in [0.15, 0.2) is 0 Å². The maximum atomic E-state index is 11.8. The van der Waals surface area contributed by atoms with E-state index in [4.69, 9.17) is 15.2 Å². The molecule has 1 saturated heterocycles.